The zero-order valence-corrected chi connectivity index (χ0v) is 14.5. The minimum absolute atomic E-state index is 0.0561. The highest BCUT2D eigenvalue weighted by Crippen LogP contribution is 2.35. The number of aliphatic imine (C=N–C) groups is 2. The van der Waals surface area contributed by atoms with Gasteiger partial charge in [-0.3, -0.25) is 9.98 Å². The fraction of sp³-hybridized carbons (Fsp3) is 0.294. The number of hydrogen-bond acceptors (Lipinski definition) is 3. The van der Waals surface area contributed by atoms with Crippen LogP contribution in [-0.2, 0) is 6.18 Å². The first-order valence-electron chi connectivity index (χ1n) is 7.79. The average Bonchev–Trinajstić information content (AvgIpc) is 2.59. The summed E-state index contributed by atoms with van der Waals surface area (Å²) in [4.78, 5) is 16.1. The van der Waals surface area contributed by atoms with Gasteiger partial charge >= 0.3 is 6.18 Å². The number of amidine groups is 1. The second kappa shape index (κ2) is 7.94. The van der Waals surface area contributed by atoms with Crippen molar-refractivity contribution >= 4 is 17.6 Å². The quantitative estimate of drug-likeness (QED) is 0.645. The molecule has 0 amide bonds. The molecule has 0 fully saturated rings. The Morgan fingerprint density at radius 1 is 1.23 bits per heavy atom. The van der Waals surface area contributed by atoms with Gasteiger partial charge in [-0.25, -0.2) is 4.98 Å². The Morgan fingerprint density at radius 2 is 1.96 bits per heavy atom. The van der Waals surface area contributed by atoms with E-state index in [-0.39, 0.29) is 29.1 Å². The SMILES string of the molecule is CN=C(N=C(N)Nc1cc(C(F)(F)F)c(C(C)C)cn1)c1ccccn1. The third kappa shape index (κ3) is 4.78. The third-order valence-corrected chi connectivity index (χ3v) is 3.45. The Labute approximate surface area is 149 Å². The molecule has 0 radical (unpaired) electrons. The Hall–Kier alpha value is -2.97. The Balaban J connectivity index is 2.30. The summed E-state index contributed by atoms with van der Waals surface area (Å²) in [6.45, 7) is 3.35. The molecular formula is C17H19F3N6. The van der Waals surface area contributed by atoms with E-state index in [0.717, 1.165) is 6.07 Å². The zero-order chi connectivity index (χ0) is 19.3. The van der Waals surface area contributed by atoms with Crippen LogP contribution >= 0.6 is 0 Å². The van der Waals surface area contributed by atoms with Crippen LogP contribution < -0.4 is 11.1 Å². The van der Waals surface area contributed by atoms with Gasteiger partial charge in [-0.15, -0.1) is 0 Å². The van der Waals surface area contributed by atoms with Crippen molar-refractivity contribution in [2.24, 2.45) is 15.7 Å². The van der Waals surface area contributed by atoms with Crippen LogP contribution in [0, 0.1) is 0 Å². The molecule has 2 rings (SSSR count). The van der Waals surface area contributed by atoms with Gasteiger partial charge in [0.2, 0.25) is 5.96 Å². The lowest BCUT2D eigenvalue weighted by Gasteiger charge is -2.16. The van der Waals surface area contributed by atoms with Crippen LogP contribution in [0.15, 0.2) is 46.6 Å². The molecule has 0 atom stereocenters. The lowest BCUT2D eigenvalue weighted by molar-refractivity contribution is -0.138. The number of pyridine rings is 2. The first kappa shape index (κ1) is 19.4. The molecule has 0 aliphatic rings. The van der Waals surface area contributed by atoms with Gasteiger partial charge in [0.15, 0.2) is 5.84 Å². The van der Waals surface area contributed by atoms with Crippen LogP contribution in [0.4, 0.5) is 19.0 Å². The number of aromatic nitrogens is 2. The van der Waals surface area contributed by atoms with E-state index < -0.39 is 11.7 Å². The molecule has 3 N–H and O–H groups in total. The van der Waals surface area contributed by atoms with Crippen molar-refractivity contribution < 1.29 is 13.2 Å². The van der Waals surface area contributed by atoms with E-state index in [1.807, 2.05) is 0 Å². The van der Waals surface area contributed by atoms with Crippen LogP contribution in [0.5, 0.6) is 0 Å². The molecule has 0 spiro atoms. The Bertz CT molecular complexity index is 813. The Kier molecular flexibility index (Phi) is 5.91. The number of hydrogen-bond donors (Lipinski definition) is 2. The number of alkyl halides is 3. The maximum atomic E-state index is 13.3. The maximum absolute atomic E-state index is 13.3. The van der Waals surface area contributed by atoms with E-state index >= 15 is 0 Å². The van der Waals surface area contributed by atoms with Crippen LogP contribution in [0.2, 0.25) is 0 Å². The van der Waals surface area contributed by atoms with Crippen molar-refractivity contribution in [3.8, 4) is 0 Å². The van der Waals surface area contributed by atoms with E-state index in [1.165, 1.54) is 13.2 Å². The number of nitrogens with zero attached hydrogens (tertiary/aromatic N) is 4. The molecule has 0 saturated carbocycles. The van der Waals surface area contributed by atoms with E-state index in [4.69, 9.17) is 5.73 Å². The summed E-state index contributed by atoms with van der Waals surface area (Å²) < 4.78 is 39.8. The molecule has 26 heavy (non-hydrogen) atoms. The van der Waals surface area contributed by atoms with Crippen LogP contribution in [-0.4, -0.2) is 28.8 Å². The van der Waals surface area contributed by atoms with Crippen molar-refractivity contribution in [2.75, 3.05) is 12.4 Å². The molecule has 0 aliphatic carbocycles. The molecule has 2 heterocycles. The molecule has 0 aromatic carbocycles. The van der Waals surface area contributed by atoms with Crippen LogP contribution in [0.25, 0.3) is 0 Å². The minimum atomic E-state index is -4.49. The summed E-state index contributed by atoms with van der Waals surface area (Å²) in [7, 11) is 1.51. The lowest BCUT2D eigenvalue weighted by Crippen LogP contribution is -2.25. The minimum Gasteiger partial charge on any atom is -0.369 e. The molecule has 0 aliphatic heterocycles. The number of nitrogens with one attached hydrogen (secondary N) is 1. The summed E-state index contributed by atoms with van der Waals surface area (Å²) >= 11 is 0. The fourth-order valence-corrected chi connectivity index (χ4v) is 2.23. The Morgan fingerprint density at radius 3 is 2.50 bits per heavy atom. The zero-order valence-electron chi connectivity index (χ0n) is 14.5. The van der Waals surface area contributed by atoms with Gasteiger partial charge in [-0.05, 0) is 29.7 Å². The monoisotopic (exact) mass is 364 g/mol. The van der Waals surface area contributed by atoms with E-state index in [9.17, 15) is 13.2 Å². The summed E-state index contributed by atoms with van der Waals surface area (Å²) in [6, 6.07) is 6.10. The molecule has 0 bridgehead atoms. The largest absolute Gasteiger partial charge is 0.416 e. The number of halogens is 3. The van der Waals surface area contributed by atoms with Crippen LogP contribution in [0.3, 0.4) is 0 Å². The highest BCUT2D eigenvalue weighted by Gasteiger charge is 2.34. The van der Waals surface area contributed by atoms with Gasteiger partial charge in [0.05, 0.1) is 5.56 Å². The number of anilines is 1. The highest BCUT2D eigenvalue weighted by molar-refractivity contribution is 6.07. The summed E-state index contributed by atoms with van der Waals surface area (Å²) in [5, 5.41) is 2.56. The molecule has 138 valence electrons. The highest BCUT2D eigenvalue weighted by atomic mass is 19.4. The smallest absolute Gasteiger partial charge is 0.369 e. The fourth-order valence-electron chi connectivity index (χ4n) is 2.23. The predicted molar refractivity (Wildman–Crippen MR) is 95.3 cm³/mol. The lowest BCUT2D eigenvalue weighted by atomic mass is 9.99. The standard InChI is InChI=1S/C17H19F3N6/c1-10(2)11-9-24-14(8-12(11)17(18,19)20)25-16(21)26-15(22-3)13-6-4-5-7-23-13/h4-10H,1-3H3,(H3,21,22,24,25,26). The number of rotatable bonds is 3. The summed E-state index contributed by atoms with van der Waals surface area (Å²) in [6.07, 6.45) is -1.73. The third-order valence-electron chi connectivity index (χ3n) is 3.45. The molecule has 2 aromatic heterocycles. The molecule has 2 aromatic rings. The van der Waals surface area contributed by atoms with Gasteiger partial charge in [-0.2, -0.15) is 18.2 Å². The van der Waals surface area contributed by atoms with Crippen molar-refractivity contribution in [3.63, 3.8) is 0 Å². The predicted octanol–water partition coefficient (Wildman–Crippen LogP) is 3.42. The summed E-state index contributed by atoms with van der Waals surface area (Å²) in [5.74, 6) is -0.277. The molecule has 9 heteroatoms. The van der Waals surface area contributed by atoms with Crippen molar-refractivity contribution in [1.82, 2.24) is 9.97 Å². The number of nitrogens with two attached hydrogens (primary N) is 1. The second-order valence-corrected chi connectivity index (χ2v) is 5.69. The van der Waals surface area contributed by atoms with E-state index in [1.54, 1.807) is 38.2 Å². The normalized spacial score (nSPS) is 13.2. The maximum Gasteiger partial charge on any atom is 0.416 e. The van der Waals surface area contributed by atoms with Crippen molar-refractivity contribution in [2.45, 2.75) is 25.9 Å². The van der Waals surface area contributed by atoms with Gasteiger partial charge in [-0.1, -0.05) is 19.9 Å². The van der Waals surface area contributed by atoms with E-state index in [2.05, 4.69) is 25.3 Å². The first-order valence-corrected chi connectivity index (χ1v) is 7.79. The van der Waals surface area contributed by atoms with Gasteiger partial charge < -0.3 is 11.1 Å². The van der Waals surface area contributed by atoms with Gasteiger partial charge in [0, 0.05) is 19.4 Å². The van der Waals surface area contributed by atoms with Gasteiger partial charge in [0.25, 0.3) is 0 Å². The molecule has 0 unspecified atom stereocenters. The number of guanidine groups is 1. The molecular weight excluding hydrogens is 345 g/mol. The summed E-state index contributed by atoms with van der Waals surface area (Å²) in [5.41, 5.74) is 5.63. The molecule has 6 nitrogen and oxygen atoms in total. The van der Waals surface area contributed by atoms with Gasteiger partial charge in [0.1, 0.15) is 11.5 Å². The average molecular weight is 364 g/mol. The van der Waals surface area contributed by atoms with Crippen LogP contribution in [0.1, 0.15) is 36.6 Å². The van der Waals surface area contributed by atoms with Crippen molar-refractivity contribution in [1.29, 1.82) is 0 Å². The molecule has 0 saturated heterocycles. The second-order valence-electron chi connectivity index (χ2n) is 5.69. The van der Waals surface area contributed by atoms with E-state index in [0.29, 0.717) is 5.69 Å². The van der Waals surface area contributed by atoms with Crippen molar-refractivity contribution in [3.05, 3.63) is 53.5 Å². The topological polar surface area (TPSA) is 88.5 Å². The first-order chi connectivity index (χ1) is 12.2.